The predicted octanol–water partition coefficient (Wildman–Crippen LogP) is 2.87. The van der Waals surface area contributed by atoms with Gasteiger partial charge in [-0.1, -0.05) is 18.2 Å². The fourth-order valence-electron chi connectivity index (χ4n) is 2.56. The van der Waals surface area contributed by atoms with Crippen LogP contribution in [0.5, 0.6) is 5.75 Å². The summed E-state index contributed by atoms with van der Waals surface area (Å²) in [5.41, 5.74) is 1.37. The van der Waals surface area contributed by atoms with E-state index in [9.17, 15) is 9.18 Å². The van der Waals surface area contributed by atoms with Crippen molar-refractivity contribution in [3.63, 3.8) is 0 Å². The van der Waals surface area contributed by atoms with E-state index in [1.165, 1.54) is 12.1 Å². The quantitative estimate of drug-likeness (QED) is 0.922. The summed E-state index contributed by atoms with van der Waals surface area (Å²) >= 11 is 0. The van der Waals surface area contributed by atoms with E-state index in [1.54, 1.807) is 36.4 Å². The number of carbonyl (C=O) groups is 1. The van der Waals surface area contributed by atoms with E-state index < -0.39 is 0 Å². The van der Waals surface area contributed by atoms with Gasteiger partial charge in [-0.15, -0.1) is 12.4 Å². The monoisotopic (exact) mass is 350 g/mol. The molecule has 6 heteroatoms. The van der Waals surface area contributed by atoms with Gasteiger partial charge in [-0.3, -0.25) is 4.79 Å². The molecule has 0 unspecified atom stereocenters. The molecule has 1 heterocycles. The molecule has 1 aliphatic heterocycles. The number of piperazine rings is 1. The van der Waals surface area contributed by atoms with E-state index in [0.717, 1.165) is 18.7 Å². The smallest absolute Gasteiger partial charge is 0.254 e. The lowest BCUT2D eigenvalue weighted by Crippen LogP contribution is -2.46. The van der Waals surface area contributed by atoms with Gasteiger partial charge in [0.2, 0.25) is 0 Å². The molecule has 2 aromatic rings. The Morgan fingerprint density at radius 2 is 1.88 bits per heavy atom. The highest BCUT2D eigenvalue weighted by atomic mass is 35.5. The molecule has 0 saturated carbocycles. The highest BCUT2D eigenvalue weighted by molar-refractivity contribution is 5.94. The number of nitrogens with one attached hydrogen (secondary N) is 1. The van der Waals surface area contributed by atoms with Gasteiger partial charge in [0.05, 0.1) is 0 Å². The molecule has 4 nitrogen and oxygen atoms in total. The maximum Gasteiger partial charge on any atom is 0.254 e. The topological polar surface area (TPSA) is 41.6 Å². The number of hydrogen-bond donors (Lipinski definition) is 1. The molecule has 128 valence electrons. The third kappa shape index (κ3) is 4.69. The molecule has 0 aromatic heterocycles. The Balaban J connectivity index is 0.00000208. The minimum atomic E-state index is -0.284. The Bertz CT molecular complexity index is 690. The zero-order valence-corrected chi connectivity index (χ0v) is 14.0. The van der Waals surface area contributed by atoms with Crippen molar-refractivity contribution in [1.29, 1.82) is 0 Å². The van der Waals surface area contributed by atoms with Gasteiger partial charge in [0, 0.05) is 31.7 Å². The average molecular weight is 351 g/mol. The van der Waals surface area contributed by atoms with Gasteiger partial charge in [-0.25, -0.2) is 4.39 Å². The highest BCUT2D eigenvalue weighted by Crippen LogP contribution is 2.17. The van der Waals surface area contributed by atoms with Crippen LogP contribution in [0.2, 0.25) is 0 Å². The van der Waals surface area contributed by atoms with Crippen molar-refractivity contribution in [2.24, 2.45) is 0 Å². The molecule has 0 atom stereocenters. The summed E-state index contributed by atoms with van der Waals surface area (Å²) in [5, 5.41) is 3.23. The van der Waals surface area contributed by atoms with Crippen molar-refractivity contribution >= 4 is 18.3 Å². The molecule has 1 N–H and O–H groups in total. The van der Waals surface area contributed by atoms with Crippen LogP contribution in [0.1, 0.15) is 15.9 Å². The molecular formula is C18H20ClFN2O2. The second kappa shape index (κ2) is 8.66. The first kappa shape index (κ1) is 18.2. The number of carbonyl (C=O) groups excluding carboxylic acids is 1. The first-order chi connectivity index (χ1) is 11.2. The zero-order chi connectivity index (χ0) is 16.1. The first-order valence-corrected chi connectivity index (χ1v) is 7.70. The largest absolute Gasteiger partial charge is 0.489 e. The van der Waals surface area contributed by atoms with Crippen molar-refractivity contribution in [3.05, 3.63) is 65.5 Å². The summed E-state index contributed by atoms with van der Waals surface area (Å²) in [6.07, 6.45) is 0. The summed E-state index contributed by atoms with van der Waals surface area (Å²) < 4.78 is 18.8. The van der Waals surface area contributed by atoms with E-state index in [4.69, 9.17) is 4.74 Å². The standard InChI is InChI=1S/C18H19FN2O2.ClH/c19-16-5-1-3-14(11-16)13-23-17-6-2-4-15(12-17)18(22)21-9-7-20-8-10-21;/h1-6,11-12,20H,7-10,13H2;1H. The molecule has 0 bridgehead atoms. The number of hydrogen-bond acceptors (Lipinski definition) is 3. The SMILES string of the molecule is Cl.O=C(c1cccc(OCc2cccc(F)c2)c1)N1CCNCC1. The minimum absolute atomic E-state index is 0. The van der Waals surface area contributed by atoms with E-state index in [2.05, 4.69) is 5.32 Å². The number of halogens is 2. The Morgan fingerprint density at radius 1 is 1.12 bits per heavy atom. The molecule has 2 aromatic carbocycles. The van der Waals surface area contributed by atoms with Crippen molar-refractivity contribution in [3.8, 4) is 5.75 Å². The molecular weight excluding hydrogens is 331 g/mol. The Labute approximate surface area is 147 Å². The van der Waals surface area contributed by atoms with Gasteiger partial charge in [-0.05, 0) is 35.9 Å². The molecule has 0 spiro atoms. The van der Waals surface area contributed by atoms with Crippen LogP contribution in [-0.2, 0) is 6.61 Å². The average Bonchev–Trinajstić information content (AvgIpc) is 2.60. The highest BCUT2D eigenvalue weighted by Gasteiger charge is 2.18. The maximum absolute atomic E-state index is 13.2. The number of benzene rings is 2. The van der Waals surface area contributed by atoms with E-state index in [1.807, 2.05) is 4.90 Å². The Morgan fingerprint density at radius 3 is 2.62 bits per heavy atom. The molecule has 1 aliphatic rings. The number of amides is 1. The fourth-order valence-corrected chi connectivity index (χ4v) is 2.56. The molecule has 24 heavy (non-hydrogen) atoms. The minimum Gasteiger partial charge on any atom is -0.489 e. The fraction of sp³-hybridized carbons (Fsp3) is 0.278. The zero-order valence-electron chi connectivity index (χ0n) is 13.2. The summed E-state index contributed by atoms with van der Waals surface area (Å²) in [7, 11) is 0. The van der Waals surface area contributed by atoms with Gasteiger partial charge in [0.1, 0.15) is 18.2 Å². The Kier molecular flexibility index (Phi) is 6.58. The third-order valence-corrected chi connectivity index (χ3v) is 3.78. The second-order valence-corrected chi connectivity index (χ2v) is 5.49. The Hall–Kier alpha value is -2.11. The van der Waals surface area contributed by atoms with Gasteiger partial charge in [0.15, 0.2) is 0 Å². The van der Waals surface area contributed by atoms with E-state index in [0.29, 0.717) is 24.4 Å². The lowest BCUT2D eigenvalue weighted by molar-refractivity contribution is 0.0735. The van der Waals surface area contributed by atoms with Crippen LogP contribution in [-0.4, -0.2) is 37.0 Å². The lowest BCUT2D eigenvalue weighted by Gasteiger charge is -2.27. The summed E-state index contributed by atoms with van der Waals surface area (Å²) in [6.45, 7) is 3.34. The second-order valence-electron chi connectivity index (χ2n) is 5.49. The first-order valence-electron chi connectivity index (χ1n) is 7.70. The van der Waals surface area contributed by atoms with Crippen LogP contribution in [0.25, 0.3) is 0 Å². The van der Waals surface area contributed by atoms with Crippen molar-refractivity contribution in [1.82, 2.24) is 10.2 Å². The van der Waals surface area contributed by atoms with Crippen LogP contribution in [0.15, 0.2) is 48.5 Å². The van der Waals surface area contributed by atoms with Crippen LogP contribution < -0.4 is 10.1 Å². The molecule has 1 fully saturated rings. The molecule has 0 aliphatic carbocycles. The predicted molar refractivity (Wildman–Crippen MR) is 93.2 cm³/mol. The summed E-state index contributed by atoms with van der Waals surface area (Å²) in [5.74, 6) is 0.340. The van der Waals surface area contributed by atoms with Crippen molar-refractivity contribution < 1.29 is 13.9 Å². The van der Waals surface area contributed by atoms with Crippen LogP contribution in [0.4, 0.5) is 4.39 Å². The molecule has 1 saturated heterocycles. The van der Waals surface area contributed by atoms with Crippen molar-refractivity contribution in [2.75, 3.05) is 26.2 Å². The summed E-state index contributed by atoms with van der Waals surface area (Å²) in [6, 6.07) is 13.4. The van der Waals surface area contributed by atoms with Gasteiger partial charge in [0.25, 0.3) is 5.91 Å². The van der Waals surface area contributed by atoms with E-state index in [-0.39, 0.29) is 30.7 Å². The number of ether oxygens (including phenoxy) is 1. The number of nitrogens with zero attached hydrogens (tertiary/aromatic N) is 1. The van der Waals surface area contributed by atoms with Gasteiger partial charge in [-0.2, -0.15) is 0 Å². The normalized spacial score (nSPS) is 14.0. The molecule has 3 rings (SSSR count). The number of rotatable bonds is 4. The maximum atomic E-state index is 13.2. The molecule has 0 radical (unpaired) electrons. The van der Waals surface area contributed by atoms with Crippen LogP contribution >= 0.6 is 12.4 Å². The third-order valence-electron chi connectivity index (χ3n) is 3.78. The lowest BCUT2D eigenvalue weighted by atomic mass is 10.1. The van der Waals surface area contributed by atoms with E-state index >= 15 is 0 Å². The van der Waals surface area contributed by atoms with Gasteiger partial charge < -0.3 is 15.0 Å². The van der Waals surface area contributed by atoms with Crippen molar-refractivity contribution in [2.45, 2.75) is 6.61 Å². The van der Waals surface area contributed by atoms with Gasteiger partial charge >= 0.3 is 0 Å². The van der Waals surface area contributed by atoms with Crippen LogP contribution in [0.3, 0.4) is 0 Å². The van der Waals surface area contributed by atoms with Crippen LogP contribution in [0, 0.1) is 5.82 Å². The summed E-state index contributed by atoms with van der Waals surface area (Å²) in [4.78, 5) is 14.3. The molecule has 1 amide bonds.